The summed E-state index contributed by atoms with van der Waals surface area (Å²) >= 11 is 0. The van der Waals surface area contributed by atoms with Crippen molar-refractivity contribution in [2.75, 3.05) is 13.7 Å². The highest BCUT2D eigenvalue weighted by Crippen LogP contribution is 2.33. The van der Waals surface area contributed by atoms with Gasteiger partial charge < -0.3 is 15.6 Å². The van der Waals surface area contributed by atoms with Crippen LogP contribution in [0.4, 0.5) is 13.2 Å². The SMILES string of the molecule is COc1cc(C(F)(F)F)ccc1CCC(O)CN. The third-order valence-electron chi connectivity index (χ3n) is 2.63. The normalized spacial score (nSPS) is 13.4. The zero-order chi connectivity index (χ0) is 13.8. The van der Waals surface area contributed by atoms with E-state index in [1.54, 1.807) is 0 Å². The Kier molecular flexibility index (Phi) is 4.98. The number of hydrogen-bond acceptors (Lipinski definition) is 3. The molecule has 1 atom stereocenters. The van der Waals surface area contributed by atoms with E-state index < -0.39 is 17.8 Å². The van der Waals surface area contributed by atoms with Crippen molar-refractivity contribution in [2.45, 2.75) is 25.1 Å². The summed E-state index contributed by atoms with van der Waals surface area (Å²) in [5, 5.41) is 9.32. The average Bonchev–Trinajstić information content (AvgIpc) is 2.34. The first-order valence-corrected chi connectivity index (χ1v) is 5.50. The number of aliphatic hydroxyl groups is 1. The van der Waals surface area contributed by atoms with Crippen molar-refractivity contribution in [3.05, 3.63) is 29.3 Å². The fourth-order valence-corrected chi connectivity index (χ4v) is 1.57. The number of hydrogen-bond donors (Lipinski definition) is 2. The molecule has 1 aromatic rings. The number of halogens is 3. The molecule has 0 saturated carbocycles. The van der Waals surface area contributed by atoms with Crippen molar-refractivity contribution in [3.8, 4) is 5.75 Å². The molecule has 0 aliphatic heterocycles. The van der Waals surface area contributed by atoms with Gasteiger partial charge in [-0.25, -0.2) is 0 Å². The van der Waals surface area contributed by atoms with Crippen molar-refractivity contribution >= 4 is 0 Å². The van der Waals surface area contributed by atoms with Gasteiger partial charge in [-0.15, -0.1) is 0 Å². The molecule has 3 N–H and O–H groups in total. The average molecular weight is 263 g/mol. The molecule has 1 unspecified atom stereocenters. The predicted octanol–water partition coefficient (Wildman–Crippen LogP) is 1.97. The Morgan fingerprint density at radius 1 is 1.39 bits per heavy atom. The van der Waals surface area contributed by atoms with Gasteiger partial charge in [0.05, 0.1) is 18.8 Å². The van der Waals surface area contributed by atoms with E-state index in [9.17, 15) is 18.3 Å². The zero-order valence-electron chi connectivity index (χ0n) is 10.00. The third kappa shape index (κ3) is 3.89. The first-order chi connectivity index (χ1) is 8.38. The van der Waals surface area contributed by atoms with Gasteiger partial charge >= 0.3 is 6.18 Å². The molecule has 0 fully saturated rings. The molecule has 6 heteroatoms. The van der Waals surface area contributed by atoms with Crippen LogP contribution in [0.25, 0.3) is 0 Å². The molecule has 0 bridgehead atoms. The van der Waals surface area contributed by atoms with Gasteiger partial charge in [0, 0.05) is 6.54 Å². The lowest BCUT2D eigenvalue weighted by Gasteiger charge is -2.13. The minimum absolute atomic E-state index is 0.128. The van der Waals surface area contributed by atoms with E-state index in [4.69, 9.17) is 10.5 Å². The summed E-state index contributed by atoms with van der Waals surface area (Å²) in [5.41, 5.74) is 5.13. The predicted molar refractivity (Wildman–Crippen MR) is 61.4 cm³/mol. The van der Waals surface area contributed by atoms with Gasteiger partial charge in [-0.3, -0.25) is 0 Å². The van der Waals surface area contributed by atoms with E-state index in [1.807, 2.05) is 0 Å². The summed E-state index contributed by atoms with van der Waals surface area (Å²) in [4.78, 5) is 0. The minimum atomic E-state index is -4.39. The molecule has 0 saturated heterocycles. The monoisotopic (exact) mass is 263 g/mol. The second-order valence-electron chi connectivity index (χ2n) is 3.95. The Bertz CT molecular complexity index is 393. The van der Waals surface area contributed by atoms with Crippen LogP contribution in [-0.2, 0) is 12.6 Å². The van der Waals surface area contributed by atoms with Gasteiger partial charge in [0.1, 0.15) is 5.75 Å². The lowest BCUT2D eigenvalue weighted by atomic mass is 10.0. The summed E-state index contributed by atoms with van der Waals surface area (Å²) in [6, 6.07) is 3.34. The summed E-state index contributed by atoms with van der Waals surface area (Å²) in [6.45, 7) is 0.128. The molecule has 0 aliphatic carbocycles. The van der Waals surface area contributed by atoms with Crippen molar-refractivity contribution in [1.29, 1.82) is 0 Å². The van der Waals surface area contributed by atoms with E-state index in [-0.39, 0.29) is 12.3 Å². The standard InChI is InChI=1S/C12H16F3NO2/c1-18-11-6-9(12(13,14)15)4-2-8(11)3-5-10(17)7-16/h2,4,6,10,17H,3,5,7,16H2,1H3. The largest absolute Gasteiger partial charge is 0.496 e. The van der Waals surface area contributed by atoms with Crippen LogP contribution in [0.1, 0.15) is 17.5 Å². The van der Waals surface area contributed by atoms with E-state index in [0.717, 1.165) is 12.1 Å². The van der Waals surface area contributed by atoms with Crippen LogP contribution in [-0.4, -0.2) is 24.9 Å². The first-order valence-electron chi connectivity index (χ1n) is 5.50. The Balaban J connectivity index is 2.87. The number of nitrogens with two attached hydrogens (primary N) is 1. The van der Waals surface area contributed by atoms with Crippen molar-refractivity contribution in [2.24, 2.45) is 5.73 Å². The molecule has 0 aromatic heterocycles. The van der Waals surface area contributed by atoms with Crippen LogP contribution in [0, 0.1) is 0 Å². The number of aryl methyl sites for hydroxylation is 1. The van der Waals surface area contributed by atoms with Crippen LogP contribution in [0.2, 0.25) is 0 Å². The van der Waals surface area contributed by atoms with Crippen LogP contribution >= 0.6 is 0 Å². The quantitative estimate of drug-likeness (QED) is 0.854. The van der Waals surface area contributed by atoms with E-state index in [0.29, 0.717) is 18.4 Å². The molecular weight excluding hydrogens is 247 g/mol. The van der Waals surface area contributed by atoms with Crippen molar-refractivity contribution in [3.63, 3.8) is 0 Å². The maximum Gasteiger partial charge on any atom is 0.416 e. The molecule has 0 radical (unpaired) electrons. The van der Waals surface area contributed by atoms with E-state index in [1.165, 1.54) is 13.2 Å². The van der Waals surface area contributed by atoms with Gasteiger partial charge in [-0.1, -0.05) is 6.07 Å². The van der Waals surface area contributed by atoms with Crippen molar-refractivity contribution < 1.29 is 23.0 Å². The fourth-order valence-electron chi connectivity index (χ4n) is 1.57. The molecule has 0 amide bonds. The molecule has 1 rings (SSSR count). The Morgan fingerprint density at radius 3 is 2.56 bits per heavy atom. The first kappa shape index (κ1) is 14.8. The number of alkyl halides is 3. The Morgan fingerprint density at radius 2 is 2.06 bits per heavy atom. The maximum absolute atomic E-state index is 12.5. The third-order valence-corrected chi connectivity index (χ3v) is 2.63. The minimum Gasteiger partial charge on any atom is -0.496 e. The highest BCUT2D eigenvalue weighted by atomic mass is 19.4. The van der Waals surface area contributed by atoms with E-state index >= 15 is 0 Å². The molecule has 3 nitrogen and oxygen atoms in total. The van der Waals surface area contributed by atoms with Crippen LogP contribution in [0.15, 0.2) is 18.2 Å². The summed E-state index contributed by atoms with van der Waals surface area (Å²) in [6.07, 6.45) is -4.24. The van der Waals surface area contributed by atoms with Gasteiger partial charge in [-0.2, -0.15) is 13.2 Å². The number of aliphatic hydroxyl groups excluding tert-OH is 1. The van der Waals surface area contributed by atoms with Crippen LogP contribution < -0.4 is 10.5 Å². The lowest BCUT2D eigenvalue weighted by Crippen LogP contribution is -2.20. The molecular formula is C12H16F3NO2. The molecule has 102 valence electrons. The number of methoxy groups -OCH3 is 1. The molecule has 0 spiro atoms. The number of ether oxygens (including phenoxy) is 1. The molecule has 0 heterocycles. The summed E-state index contributed by atoms with van der Waals surface area (Å²) in [5.74, 6) is 0.175. The highest BCUT2D eigenvalue weighted by molar-refractivity contribution is 5.38. The topological polar surface area (TPSA) is 55.5 Å². The second kappa shape index (κ2) is 6.06. The van der Waals surface area contributed by atoms with Gasteiger partial charge in [0.15, 0.2) is 0 Å². The highest BCUT2D eigenvalue weighted by Gasteiger charge is 2.31. The second-order valence-corrected chi connectivity index (χ2v) is 3.95. The molecule has 18 heavy (non-hydrogen) atoms. The van der Waals surface area contributed by atoms with Crippen LogP contribution in [0.5, 0.6) is 5.75 Å². The van der Waals surface area contributed by atoms with Gasteiger partial charge in [0.2, 0.25) is 0 Å². The van der Waals surface area contributed by atoms with E-state index in [2.05, 4.69) is 0 Å². The summed E-state index contributed by atoms with van der Waals surface area (Å²) in [7, 11) is 1.32. The lowest BCUT2D eigenvalue weighted by molar-refractivity contribution is -0.137. The Labute approximate surface area is 103 Å². The van der Waals surface area contributed by atoms with Crippen molar-refractivity contribution in [1.82, 2.24) is 0 Å². The number of benzene rings is 1. The van der Waals surface area contributed by atoms with Gasteiger partial charge in [-0.05, 0) is 30.5 Å². The summed E-state index contributed by atoms with van der Waals surface area (Å²) < 4.78 is 42.4. The molecule has 1 aromatic carbocycles. The number of rotatable bonds is 5. The Hall–Kier alpha value is -1.27. The zero-order valence-corrected chi connectivity index (χ0v) is 10.00. The van der Waals surface area contributed by atoms with Crippen LogP contribution in [0.3, 0.4) is 0 Å². The van der Waals surface area contributed by atoms with Gasteiger partial charge in [0.25, 0.3) is 0 Å². The fraction of sp³-hybridized carbons (Fsp3) is 0.500. The smallest absolute Gasteiger partial charge is 0.416 e. The molecule has 0 aliphatic rings. The maximum atomic E-state index is 12.5.